The van der Waals surface area contributed by atoms with Crippen LogP contribution in [0.2, 0.25) is 0 Å². The highest BCUT2D eigenvalue weighted by Gasteiger charge is 2.30. The van der Waals surface area contributed by atoms with Crippen molar-refractivity contribution in [3.05, 3.63) is 35.4 Å². The fourth-order valence-corrected chi connectivity index (χ4v) is 2.46. The summed E-state index contributed by atoms with van der Waals surface area (Å²) in [7, 11) is 1.67. The predicted molar refractivity (Wildman–Crippen MR) is 77.2 cm³/mol. The molecule has 3 amide bonds. The SMILES string of the molecule is C[C@@H](Cc1c(F)cccc1F)NC(=O)N[C@H]1CCN(C)C1=O. The average Bonchev–Trinajstić information content (AvgIpc) is 2.75. The maximum atomic E-state index is 13.6. The smallest absolute Gasteiger partial charge is 0.315 e. The Labute approximate surface area is 127 Å². The minimum absolute atomic E-state index is 0.0322. The van der Waals surface area contributed by atoms with Crippen molar-refractivity contribution in [2.75, 3.05) is 13.6 Å². The van der Waals surface area contributed by atoms with Gasteiger partial charge in [0.25, 0.3) is 0 Å². The van der Waals surface area contributed by atoms with Crippen LogP contribution >= 0.6 is 0 Å². The Kier molecular flexibility index (Phi) is 4.95. The van der Waals surface area contributed by atoms with E-state index in [1.165, 1.54) is 18.2 Å². The second-order valence-corrected chi connectivity index (χ2v) is 5.52. The van der Waals surface area contributed by atoms with Crippen molar-refractivity contribution in [2.24, 2.45) is 0 Å². The normalized spacial score (nSPS) is 19.2. The largest absolute Gasteiger partial charge is 0.344 e. The van der Waals surface area contributed by atoms with E-state index in [4.69, 9.17) is 0 Å². The van der Waals surface area contributed by atoms with Gasteiger partial charge in [-0.2, -0.15) is 0 Å². The summed E-state index contributed by atoms with van der Waals surface area (Å²) in [5.41, 5.74) is -0.0630. The van der Waals surface area contributed by atoms with Crippen LogP contribution in [0.4, 0.5) is 13.6 Å². The van der Waals surface area contributed by atoms with Crippen LogP contribution < -0.4 is 10.6 Å². The molecule has 1 heterocycles. The molecular formula is C15H19F2N3O2. The number of halogens is 2. The van der Waals surface area contributed by atoms with Crippen molar-refractivity contribution in [2.45, 2.75) is 31.8 Å². The highest BCUT2D eigenvalue weighted by molar-refractivity contribution is 5.88. The summed E-state index contributed by atoms with van der Waals surface area (Å²) in [4.78, 5) is 25.1. The van der Waals surface area contributed by atoms with Gasteiger partial charge in [-0.25, -0.2) is 13.6 Å². The minimum atomic E-state index is -0.637. The first kappa shape index (κ1) is 16.2. The van der Waals surface area contributed by atoms with Crippen molar-refractivity contribution in [3.8, 4) is 0 Å². The highest BCUT2D eigenvalue weighted by atomic mass is 19.1. The van der Waals surface area contributed by atoms with Gasteiger partial charge in [0.05, 0.1) is 0 Å². The lowest BCUT2D eigenvalue weighted by Crippen LogP contribution is -2.48. The van der Waals surface area contributed by atoms with E-state index in [0.29, 0.717) is 13.0 Å². The minimum Gasteiger partial charge on any atom is -0.344 e. The first-order valence-corrected chi connectivity index (χ1v) is 7.13. The van der Waals surface area contributed by atoms with Gasteiger partial charge in [-0.3, -0.25) is 4.79 Å². The number of nitrogens with zero attached hydrogens (tertiary/aromatic N) is 1. The zero-order valence-electron chi connectivity index (χ0n) is 12.5. The number of hydrogen-bond donors (Lipinski definition) is 2. The summed E-state index contributed by atoms with van der Waals surface area (Å²) in [6.07, 6.45) is 0.587. The second-order valence-electron chi connectivity index (χ2n) is 5.52. The van der Waals surface area contributed by atoms with Gasteiger partial charge in [-0.15, -0.1) is 0 Å². The molecule has 1 aliphatic rings. The lowest BCUT2D eigenvalue weighted by Gasteiger charge is -2.17. The number of carbonyl (C=O) groups is 2. The Bertz CT molecular complexity index is 560. The van der Waals surface area contributed by atoms with Gasteiger partial charge in [0.2, 0.25) is 5.91 Å². The number of carbonyl (C=O) groups excluding carboxylic acids is 2. The van der Waals surface area contributed by atoms with E-state index in [1.807, 2.05) is 0 Å². The summed E-state index contributed by atoms with van der Waals surface area (Å²) in [6.45, 7) is 2.24. The van der Waals surface area contributed by atoms with Crippen LogP contribution in [-0.2, 0) is 11.2 Å². The average molecular weight is 311 g/mol. The number of amides is 3. The molecule has 1 aromatic carbocycles. The lowest BCUT2D eigenvalue weighted by molar-refractivity contribution is -0.128. The van der Waals surface area contributed by atoms with Crippen LogP contribution in [0.3, 0.4) is 0 Å². The van der Waals surface area contributed by atoms with Crippen molar-refractivity contribution in [3.63, 3.8) is 0 Å². The molecule has 1 aliphatic heterocycles. The maximum Gasteiger partial charge on any atom is 0.315 e. The molecule has 0 aliphatic carbocycles. The Morgan fingerprint density at radius 2 is 2.05 bits per heavy atom. The van der Waals surface area contributed by atoms with Crippen LogP contribution in [0.15, 0.2) is 18.2 Å². The molecule has 1 saturated heterocycles. The summed E-state index contributed by atoms with van der Waals surface area (Å²) in [5, 5.41) is 5.17. The molecule has 7 heteroatoms. The molecule has 2 N–H and O–H groups in total. The molecule has 0 bridgehead atoms. The highest BCUT2D eigenvalue weighted by Crippen LogP contribution is 2.14. The van der Waals surface area contributed by atoms with E-state index in [-0.39, 0.29) is 17.9 Å². The molecule has 0 saturated carbocycles. The monoisotopic (exact) mass is 311 g/mol. The van der Waals surface area contributed by atoms with Crippen LogP contribution in [0.1, 0.15) is 18.9 Å². The standard InChI is InChI=1S/C15H19F2N3O2/c1-9(8-10-11(16)4-3-5-12(10)17)18-15(22)19-13-6-7-20(2)14(13)21/h3-5,9,13H,6-8H2,1-2H3,(H2,18,19,22)/t9-,13-/m0/s1. The molecule has 2 atom stereocenters. The van der Waals surface area contributed by atoms with Gasteiger partial charge in [0.1, 0.15) is 17.7 Å². The third-order valence-electron chi connectivity index (χ3n) is 3.68. The fourth-order valence-electron chi connectivity index (χ4n) is 2.46. The number of rotatable bonds is 4. The van der Waals surface area contributed by atoms with E-state index in [9.17, 15) is 18.4 Å². The Hall–Kier alpha value is -2.18. The molecule has 120 valence electrons. The van der Waals surface area contributed by atoms with Gasteiger partial charge in [0.15, 0.2) is 0 Å². The number of nitrogens with one attached hydrogen (secondary N) is 2. The van der Waals surface area contributed by atoms with Crippen molar-refractivity contribution in [1.29, 1.82) is 0 Å². The third-order valence-corrected chi connectivity index (χ3v) is 3.68. The number of hydrogen-bond acceptors (Lipinski definition) is 2. The molecule has 0 aromatic heterocycles. The van der Waals surface area contributed by atoms with Crippen LogP contribution in [0.25, 0.3) is 0 Å². The predicted octanol–water partition coefficient (Wildman–Crippen LogP) is 1.43. The molecular weight excluding hydrogens is 292 g/mol. The molecule has 0 unspecified atom stereocenters. The molecule has 0 radical (unpaired) electrons. The van der Waals surface area contributed by atoms with Crippen molar-refractivity contribution < 1.29 is 18.4 Å². The second kappa shape index (κ2) is 6.72. The zero-order valence-corrected chi connectivity index (χ0v) is 12.5. The summed E-state index contributed by atoms with van der Waals surface area (Å²) in [6, 6.07) is 2.12. The van der Waals surface area contributed by atoms with E-state index in [0.717, 1.165) is 0 Å². The lowest BCUT2D eigenvalue weighted by atomic mass is 10.1. The van der Waals surface area contributed by atoms with Crippen LogP contribution in [-0.4, -0.2) is 42.5 Å². The maximum absolute atomic E-state index is 13.6. The first-order chi connectivity index (χ1) is 10.4. The quantitative estimate of drug-likeness (QED) is 0.883. The Morgan fingerprint density at radius 3 is 2.59 bits per heavy atom. The number of likely N-dealkylation sites (N-methyl/N-ethyl adjacent to an activating group) is 1. The van der Waals surface area contributed by atoms with Gasteiger partial charge in [-0.1, -0.05) is 6.07 Å². The van der Waals surface area contributed by atoms with E-state index >= 15 is 0 Å². The zero-order chi connectivity index (χ0) is 16.3. The first-order valence-electron chi connectivity index (χ1n) is 7.13. The molecule has 0 spiro atoms. The number of benzene rings is 1. The number of urea groups is 1. The molecule has 22 heavy (non-hydrogen) atoms. The van der Waals surface area contributed by atoms with Crippen LogP contribution in [0.5, 0.6) is 0 Å². The Morgan fingerprint density at radius 1 is 1.41 bits per heavy atom. The van der Waals surface area contributed by atoms with Gasteiger partial charge in [-0.05, 0) is 31.9 Å². The summed E-state index contributed by atoms with van der Waals surface area (Å²) < 4.78 is 27.1. The summed E-state index contributed by atoms with van der Waals surface area (Å²) in [5.74, 6) is -1.41. The van der Waals surface area contributed by atoms with E-state index in [1.54, 1.807) is 18.9 Å². The molecule has 5 nitrogen and oxygen atoms in total. The Balaban J connectivity index is 1.88. The van der Waals surface area contributed by atoms with Crippen molar-refractivity contribution in [1.82, 2.24) is 15.5 Å². The molecule has 1 aromatic rings. The van der Waals surface area contributed by atoms with E-state index < -0.39 is 29.7 Å². The van der Waals surface area contributed by atoms with Crippen LogP contribution in [0, 0.1) is 11.6 Å². The number of likely N-dealkylation sites (tertiary alicyclic amines) is 1. The molecule has 1 fully saturated rings. The van der Waals surface area contributed by atoms with Gasteiger partial charge < -0.3 is 15.5 Å². The summed E-state index contributed by atoms with van der Waals surface area (Å²) >= 11 is 0. The third kappa shape index (κ3) is 3.72. The van der Waals surface area contributed by atoms with Gasteiger partial charge in [0, 0.05) is 25.2 Å². The van der Waals surface area contributed by atoms with E-state index in [2.05, 4.69) is 10.6 Å². The molecule has 2 rings (SSSR count). The van der Waals surface area contributed by atoms with Gasteiger partial charge >= 0.3 is 6.03 Å². The fraction of sp³-hybridized carbons (Fsp3) is 0.467. The van der Waals surface area contributed by atoms with Crippen molar-refractivity contribution >= 4 is 11.9 Å². The topological polar surface area (TPSA) is 61.4 Å².